The molecule has 21 heavy (non-hydrogen) atoms. The zero-order valence-electron chi connectivity index (χ0n) is 12.9. The second kappa shape index (κ2) is 7.57. The van der Waals surface area contributed by atoms with Gasteiger partial charge in [0, 0.05) is 31.1 Å². The van der Waals surface area contributed by atoms with E-state index >= 15 is 0 Å². The average molecular weight is 307 g/mol. The Kier molecular flexibility index (Phi) is 5.76. The third-order valence-corrected chi connectivity index (χ3v) is 4.24. The van der Waals surface area contributed by atoms with E-state index in [1.165, 1.54) is 0 Å². The van der Waals surface area contributed by atoms with Crippen molar-refractivity contribution in [3.63, 3.8) is 0 Å². The lowest BCUT2D eigenvalue weighted by Gasteiger charge is -2.17. The van der Waals surface area contributed by atoms with E-state index in [9.17, 15) is 0 Å². The Balaban J connectivity index is 2.14. The summed E-state index contributed by atoms with van der Waals surface area (Å²) in [6.45, 7) is 4.39. The highest BCUT2D eigenvalue weighted by molar-refractivity contribution is 6.31. The first kappa shape index (κ1) is 16.0. The number of nitrogens with one attached hydrogen (secondary N) is 1. The molecule has 0 aliphatic rings. The molecule has 2 heterocycles. The van der Waals surface area contributed by atoms with Gasteiger partial charge in [-0.1, -0.05) is 25.4 Å². The summed E-state index contributed by atoms with van der Waals surface area (Å²) in [4.78, 5) is 4.04. The third-order valence-electron chi connectivity index (χ3n) is 3.92. The Morgan fingerprint density at radius 3 is 2.67 bits per heavy atom. The van der Waals surface area contributed by atoms with Gasteiger partial charge in [-0.3, -0.25) is 9.67 Å². The minimum absolute atomic E-state index is 0.144. The molecule has 1 unspecified atom stereocenters. The van der Waals surface area contributed by atoms with Crippen LogP contribution in [-0.2, 0) is 6.42 Å². The summed E-state index contributed by atoms with van der Waals surface area (Å²) >= 11 is 6.24. The third kappa shape index (κ3) is 3.83. The van der Waals surface area contributed by atoms with Gasteiger partial charge in [0.05, 0.1) is 16.8 Å². The predicted octanol–water partition coefficient (Wildman–Crippen LogP) is 3.80. The molecule has 0 saturated carbocycles. The maximum atomic E-state index is 6.24. The zero-order chi connectivity index (χ0) is 15.2. The summed E-state index contributed by atoms with van der Waals surface area (Å²) in [6, 6.07) is 4.68. The van der Waals surface area contributed by atoms with Gasteiger partial charge in [0.25, 0.3) is 0 Å². The molecule has 1 N–H and O–H groups in total. The highest BCUT2D eigenvalue weighted by atomic mass is 35.5. The molecule has 0 bridgehead atoms. The van der Waals surface area contributed by atoms with E-state index in [4.69, 9.17) is 16.7 Å². The molecule has 0 saturated heterocycles. The molecule has 0 amide bonds. The number of rotatable bonds is 7. The first-order valence-corrected chi connectivity index (χ1v) is 7.88. The number of pyridine rings is 1. The number of nitrogens with zero attached hydrogens (tertiary/aromatic N) is 3. The maximum absolute atomic E-state index is 6.24. The van der Waals surface area contributed by atoms with Gasteiger partial charge in [0.2, 0.25) is 0 Å². The minimum atomic E-state index is 0.144. The van der Waals surface area contributed by atoms with Crippen molar-refractivity contribution >= 4 is 11.6 Å². The number of aromatic nitrogens is 3. The SMILES string of the molecule is CCC(CC)n1ccc(CC(NC)c2ccncc2Cl)n1. The van der Waals surface area contributed by atoms with Crippen molar-refractivity contribution in [2.45, 2.75) is 45.2 Å². The number of likely N-dealkylation sites (N-methyl/N-ethyl adjacent to an activating group) is 1. The predicted molar refractivity (Wildman–Crippen MR) is 86.6 cm³/mol. The van der Waals surface area contributed by atoms with Crippen LogP contribution >= 0.6 is 11.6 Å². The van der Waals surface area contributed by atoms with Crippen molar-refractivity contribution in [2.24, 2.45) is 0 Å². The van der Waals surface area contributed by atoms with Crippen molar-refractivity contribution in [1.82, 2.24) is 20.1 Å². The van der Waals surface area contributed by atoms with Crippen LogP contribution in [0.1, 0.15) is 50.0 Å². The number of halogens is 1. The van der Waals surface area contributed by atoms with Crippen molar-refractivity contribution in [1.29, 1.82) is 0 Å². The van der Waals surface area contributed by atoms with E-state index in [0.29, 0.717) is 11.1 Å². The Hall–Kier alpha value is -1.39. The number of hydrogen-bond donors (Lipinski definition) is 1. The molecule has 2 rings (SSSR count). The first-order chi connectivity index (χ1) is 10.2. The van der Waals surface area contributed by atoms with Crippen LogP contribution in [-0.4, -0.2) is 21.8 Å². The van der Waals surface area contributed by atoms with Crippen molar-refractivity contribution < 1.29 is 0 Å². The van der Waals surface area contributed by atoms with Crippen LogP contribution in [0.15, 0.2) is 30.7 Å². The molecular weight excluding hydrogens is 284 g/mol. The van der Waals surface area contributed by atoms with Crippen LogP contribution in [0.4, 0.5) is 0 Å². The Morgan fingerprint density at radius 2 is 2.05 bits per heavy atom. The van der Waals surface area contributed by atoms with Gasteiger partial charge in [-0.25, -0.2) is 0 Å². The van der Waals surface area contributed by atoms with Gasteiger partial charge < -0.3 is 5.32 Å². The van der Waals surface area contributed by atoms with Crippen LogP contribution in [0.25, 0.3) is 0 Å². The van der Waals surface area contributed by atoms with Crippen molar-refractivity contribution in [2.75, 3.05) is 7.05 Å². The van der Waals surface area contributed by atoms with Gasteiger partial charge >= 0.3 is 0 Å². The van der Waals surface area contributed by atoms with Crippen LogP contribution in [0, 0.1) is 0 Å². The summed E-state index contributed by atoms with van der Waals surface area (Å²) in [7, 11) is 1.94. The van der Waals surface area contributed by atoms with Crippen molar-refractivity contribution in [3.8, 4) is 0 Å². The standard InChI is InChI=1S/C16H23ClN4/c1-4-13(5-2)21-9-7-12(20-21)10-16(18-3)14-6-8-19-11-15(14)17/h6-9,11,13,16,18H,4-5,10H2,1-3H3. The fourth-order valence-corrected chi connectivity index (χ4v) is 2.85. The molecule has 114 valence electrons. The Bertz CT molecular complexity index is 563. The molecule has 1 atom stereocenters. The van der Waals surface area contributed by atoms with Crippen LogP contribution in [0.5, 0.6) is 0 Å². The molecule has 2 aromatic rings. The van der Waals surface area contributed by atoms with E-state index in [1.54, 1.807) is 12.4 Å². The summed E-state index contributed by atoms with van der Waals surface area (Å²) in [5.74, 6) is 0. The Morgan fingerprint density at radius 1 is 1.29 bits per heavy atom. The molecule has 0 fully saturated rings. The quantitative estimate of drug-likeness (QED) is 0.846. The summed E-state index contributed by atoms with van der Waals surface area (Å²) < 4.78 is 2.08. The molecule has 0 aliphatic heterocycles. The molecule has 2 aromatic heterocycles. The van der Waals surface area contributed by atoms with Crippen LogP contribution in [0.3, 0.4) is 0 Å². The van der Waals surface area contributed by atoms with E-state index in [0.717, 1.165) is 30.5 Å². The molecule has 0 radical (unpaired) electrons. The minimum Gasteiger partial charge on any atom is -0.313 e. The normalized spacial score (nSPS) is 12.8. The molecule has 0 aliphatic carbocycles. The zero-order valence-corrected chi connectivity index (χ0v) is 13.6. The Labute approximate surface area is 131 Å². The highest BCUT2D eigenvalue weighted by Crippen LogP contribution is 2.24. The van der Waals surface area contributed by atoms with Gasteiger partial charge in [-0.15, -0.1) is 0 Å². The average Bonchev–Trinajstić information content (AvgIpc) is 2.95. The first-order valence-electron chi connectivity index (χ1n) is 7.50. The highest BCUT2D eigenvalue weighted by Gasteiger charge is 2.16. The second-order valence-electron chi connectivity index (χ2n) is 5.20. The lowest BCUT2D eigenvalue weighted by molar-refractivity contribution is 0.423. The molecular formula is C16H23ClN4. The fourth-order valence-electron chi connectivity index (χ4n) is 2.60. The van der Waals surface area contributed by atoms with E-state index in [2.05, 4.69) is 41.1 Å². The van der Waals surface area contributed by atoms with Crippen LogP contribution < -0.4 is 5.32 Å². The topological polar surface area (TPSA) is 42.7 Å². The molecule has 0 aromatic carbocycles. The van der Waals surface area contributed by atoms with Gasteiger partial charge in [-0.2, -0.15) is 5.10 Å². The second-order valence-corrected chi connectivity index (χ2v) is 5.61. The smallest absolute Gasteiger partial charge is 0.0643 e. The lowest BCUT2D eigenvalue weighted by atomic mass is 10.0. The monoisotopic (exact) mass is 306 g/mol. The summed E-state index contributed by atoms with van der Waals surface area (Å²) in [5, 5.41) is 8.72. The number of hydrogen-bond acceptors (Lipinski definition) is 3. The van der Waals surface area contributed by atoms with E-state index < -0.39 is 0 Å². The van der Waals surface area contributed by atoms with Crippen molar-refractivity contribution in [3.05, 3.63) is 47.0 Å². The largest absolute Gasteiger partial charge is 0.313 e. The summed E-state index contributed by atoms with van der Waals surface area (Å²) in [5.41, 5.74) is 2.14. The fraction of sp³-hybridized carbons (Fsp3) is 0.500. The van der Waals surface area contributed by atoms with Gasteiger partial charge in [0.1, 0.15) is 0 Å². The molecule has 5 heteroatoms. The van der Waals surface area contributed by atoms with E-state index in [1.807, 2.05) is 13.1 Å². The van der Waals surface area contributed by atoms with Gasteiger partial charge in [-0.05, 0) is 37.6 Å². The van der Waals surface area contributed by atoms with E-state index in [-0.39, 0.29) is 6.04 Å². The van der Waals surface area contributed by atoms with Crippen LogP contribution in [0.2, 0.25) is 5.02 Å². The molecule has 0 spiro atoms. The van der Waals surface area contributed by atoms with Gasteiger partial charge in [0.15, 0.2) is 0 Å². The molecule has 4 nitrogen and oxygen atoms in total. The lowest BCUT2D eigenvalue weighted by Crippen LogP contribution is -2.20. The summed E-state index contributed by atoms with van der Waals surface area (Å²) in [6.07, 6.45) is 8.55. The maximum Gasteiger partial charge on any atom is 0.0643 e.